The van der Waals surface area contributed by atoms with Gasteiger partial charge >= 0.3 is 6.09 Å². The molecular weight excluding hydrogens is 566 g/mol. The second-order valence-electron chi connectivity index (χ2n) is 12.5. The number of anilines is 2. The lowest BCUT2D eigenvalue weighted by atomic mass is 10.0. The number of nitrogens with zero attached hydrogens (tertiary/aromatic N) is 4. The molecule has 3 heterocycles. The van der Waals surface area contributed by atoms with Crippen molar-refractivity contribution in [2.45, 2.75) is 84.1 Å². The third-order valence-corrected chi connectivity index (χ3v) is 7.52. The fraction of sp³-hybridized carbons (Fsp3) is 0.581. The zero-order valence-electron chi connectivity index (χ0n) is 26.1. The van der Waals surface area contributed by atoms with Crippen LogP contribution in [0.2, 0.25) is 0 Å². The van der Waals surface area contributed by atoms with E-state index in [0.29, 0.717) is 43.3 Å². The van der Waals surface area contributed by atoms with Gasteiger partial charge in [0.25, 0.3) is 5.91 Å². The summed E-state index contributed by atoms with van der Waals surface area (Å²) >= 11 is 0. The highest BCUT2D eigenvalue weighted by Gasteiger charge is 2.29. The van der Waals surface area contributed by atoms with E-state index in [1.54, 1.807) is 56.9 Å². The van der Waals surface area contributed by atoms with E-state index in [1.807, 2.05) is 0 Å². The van der Waals surface area contributed by atoms with Crippen LogP contribution in [0.4, 0.5) is 16.6 Å². The van der Waals surface area contributed by atoms with Crippen molar-refractivity contribution in [2.75, 3.05) is 42.9 Å². The molecule has 2 fully saturated rings. The van der Waals surface area contributed by atoms with Gasteiger partial charge in [-0.15, -0.1) is 0 Å². The Labute approximate surface area is 258 Å². The maximum Gasteiger partial charge on any atom is 0.407 e. The van der Waals surface area contributed by atoms with Crippen LogP contribution >= 0.6 is 0 Å². The van der Waals surface area contributed by atoms with Crippen molar-refractivity contribution in [3.63, 3.8) is 0 Å². The van der Waals surface area contributed by atoms with Crippen LogP contribution in [-0.2, 0) is 22.5 Å². The van der Waals surface area contributed by atoms with Crippen LogP contribution in [-0.4, -0.2) is 93.5 Å². The molecule has 2 aliphatic rings. The number of likely N-dealkylation sites (tertiary alicyclic amines) is 1. The molecule has 0 spiro atoms. The lowest BCUT2D eigenvalue weighted by Gasteiger charge is -2.39. The molecule has 2 saturated heterocycles. The zero-order chi connectivity index (χ0) is 31.9. The summed E-state index contributed by atoms with van der Waals surface area (Å²) < 4.78 is 5.29. The van der Waals surface area contributed by atoms with Gasteiger partial charge in [0.05, 0.1) is 12.1 Å². The molecule has 1 aromatic heterocycles. The van der Waals surface area contributed by atoms with Gasteiger partial charge in [-0.3, -0.25) is 9.59 Å². The van der Waals surface area contributed by atoms with E-state index < -0.39 is 23.7 Å². The number of rotatable bonds is 11. The number of aliphatic hydroxyl groups excluding tert-OH is 1. The molecule has 5 N–H and O–H groups in total. The number of aromatic hydroxyl groups is 1. The number of nitrogens with one attached hydrogen (secondary N) is 3. The smallest absolute Gasteiger partial charge is 0.407 e. The number of aryl methyl sites for hydroxylation is 1. The number of ether oxygens (including phenoxy) is 1. The van der Waals surface area contributed by atoms with E-state index in [1.165, 1.54) is 0 Å². The minimum Gasteiger partial charge on any atom is -0.508 e. The summed E-state index contributed by atoms with van der Waals surface area (Å²) in [5.74, 6) is 0.692. The number of phenolic OH excluding ortho intramolecular Hbond substituents is 1. The molecule has 240 valence electrons. The van der Waals surface area contributed by atoms with Crippen LogP contribution in [0.3, 0.4) is 0 Å². The van der Waals surface area contributed by atoms with Crippen molar-refractivity contribution in [1.29, 1.82) is 0 Å². The molecule has 44 heavy (non-hydrogen) atoms. The number of aliphatic hydroxyl groups is 1. The fourth-order valence-electron chi connectivity index (χ4n) is 5.12. The minimum absolute atomic E-state index is 0.0183. The molecule has 13 heteroatoms. The third-order valence-electron chi connectivity index (χ3n) is 7.52. The molecule has 2 aliphatic heterocycles. The summed E-state index contributed by atoms with van der Waals surface area (Å²) in [7, 11) is 0. The van der Waals surface area contributed by atoms with E-state index in [4.69, 9.17) is 4.74 Å². The number of carbonyl (C=O) groups excluding carboxylic acids is 3. The number of alkyl carbamates (subject to hydrolysis) is 1. The number of aromatic nitrogens is 2. The normalized spacial score (nSPS) is 16.1. The molecule has 3 amide bonds. The van der Waals surface area contributed by atoms with Crippen molar-refractivity contribution in [2.24, 2.45) is 0 Å². The summed E-state index contributed by atoms with van der Waals surface area (Å²) in [5, 5.41) is 29.5. The number of piperidine rings is 1. The Bertz CT molecular complexity index is 1320. The maximum atomic E-state index is 13.2. The number of amides is 3. The van der Waals surface area contributed by atoms with E-state index >= 15 is 0 Å². The van der Waals surface area contributed by atoms with Crippen LogP contribution < -0.4 is 20.9 Å². The van der Waals surface area contributed by atoms with Crippen molar-refractivity contribution < 1.29 is 29.3 Å². The van der Waals surface area contributed by atoms with Crippen LogP contribution in [0.1, 0.15) is 75.0 Å². The highest BCUT2D eigenvalue weighted by Crippen LogP contribution is 2.22. The summed E-state index contributed by atoms with van der Waals surface area (Å²) in [6.07, 6.45) is 2.61. The SMILES string of the molecule is CC(=O)N1CC(Nc2cc(C(=O)NC[C@@H](O)CCc3ccc(O)cc3CNC(=O)OC(C)(C)C)nc(N3CCCCC3)n2)C1. The minimum atomic E-state index is -0.840. The highest BCUT2D eigenvalue weighted by molar-refractivity contribution is 5.93. The van der Waals surface area contributed by atoms with E-state index in [9.17, 15) is 24.6 Å². The standard InChI is InChI=1S/C31H45N7O6/c1-20(39)38-18-23(19-38)34-27-15-26(35-29(36-27)37-12-6-5-7-13-37)28(42)32-17-25(41)11-9-21-8-10-24(40)14-22(21)16-33-30(43)44-31(2,3)4/h8,10,14-15,23,25,40-41H,5-7,9,11-13,16-19H2,1-4H3,(H,32,42)(H,33,43)(H,34,35,36)/t25-/m0/s1. The van der Waals surface area contributed by atoms with Gasteiger partial charge in [0.1, 0.15) is 22.9 Å². The number of benzene rings is 1. The molecule has 0 bridgehead atoms. The molecule has 0 radical (unpaired) electrons. The molecule has 1 atom stereocenters. The number of hydrogen-bond acceptors (Lipinski definition) is 10. The number of phenols is 1. The van der Waals surface area contributed by atoms with Gasteiger partial charge in [0.15, 0.2) is 0 Å². The second kappa shape index (κ2) is 14.6. The maximum absolute atomic E-state index is 13.2. The van der Waals surface area contributed by atoms with Crippen LogP contribution in [0, 0.1) is 0 Å². The summed E-state index contributed by atoms with van der Waals surface area (Å²) in [6.45, 7) is 9.83. The Morgan fingerprint density at radius 2 is 1.77 bits per heavy atom. The quantitative estimate of drug-likeness (QED) is 0.255. The number of carbonyl (C=O) groups is 3. The van der Waals surface area contributed by atoms with Gasteiger partial charge in [-0.1, -0.05) is 6.07 Å². The number of hydrogen-bond donors (Lipinski definition) is 5. The Balaban J connectivity index is 1.34. The first-order valence-corrected chi connectivity index (χ1v) is 15.3. The average molecular weight is 612 g/mol. The first-order chi connectivity index (χ1) is 20.9. The van der Waals surface area contributed by atoms with Gasteiger partial charge in [0.2, 0.25) is 11.9 Å². The molecule has 13 nitrogen and oxygen atoms in total. The third kappa shape index (κ3) is 9.69. The van der Waals surface area contributed by atoms with E-state index in [-0.39, 0.29) is 36.5 Å². The Morgan fingerprint density at radius 3 is 2.45 bits per heavy atom. The van der Waals surface area contributed by atoms with Gasteiger partial charge in [-0.25, -0.2) is 9.78 Å². The molecule has 0 unspecified atom stereocenters. The predicted molar refractivity (Wildman–Crippen MR) is 166 cm³/mol. The summed E-state index contributed by atoms with van der Waals surface area (Å²) in [6, 6.07) is 6.53. The molecule has 2 aromatic rings. The van der Waals surface area contributed by atoms with Crippen molar-refractivity contribution in [3.8, 4) is 5.75 Å². The zero-order valence-corrected chi connectivity index (χ0v) is 26.1. The second-order valence-corrected chi connectivity index (χ2v) is 12.5. The Hall–Kier alpha value is -4.13. The molecule has 1 aromatic carbocycles. The van der Waals surface area contributed by atoms with Gasteiger partial charge in [0, 0.05) is 52.3 Å². The van der Waals surface area contributed by atoms with Crippen LogP contribution in [0.25, 0.3) is 0 Å². The fourth-order valence-corrected chi connectivity index (χ4v) is 5.12. The lowest BCUT2D eigenvalue weighted by Crippen LogP contribution is -2.56. The van der Waals surface area contributed by atoms with Crippen molar-refractivity contribution in [3.05, 3.63) is 41.1 Å². The molecule has 4 rings (SSSR count). The first-order valence-electron chi connectivity index (χ1n) is 15.3. The molecular formula is C31H45N7O6. The van der Waals surface area contributed by atoms with Gasteiger partial charge in [-0.2, -0.15) is 4.98 Å². The van der Waals surface area contributed by atoms with E-state index in [0.717, 1.165) is 37.9 Å². The monoisotopic (exact) mass is 611 g/mol. The Morgan fingerprint density at radius 1 is 1.05 bits per heavy atom. The first kappa shape index (κ1) is 32.8. The van der Waals surface area contributed by atoms with Crippen LogP contribution in [0.15, 0.2) is 24.3 Å². The van der Waals surface area contributed by atoms with E-state index in [2.05, 4.69) is 30.8 Å². The molecule has 0 saturated carbocycles. The highest BCUT2D eigenvalue weighted by atomic mass is 16.6. The van der Waals surface area contributed by atoms with Gasteiger partial charge < -0.3 is 40.7 Å². The van der Waals surface area contributed by atoms with Crippen molar-refractivity contribution >= 4 is 29.7 Å². The van der Waals surface area contributed by atoms with Crippen LogP contribution in [0.5, 0.6) is 5.75 Å². The van der Waals surface area contributed by atoms with Gasteiger partial charge in [-0.05, 0) is 76.1 Å². The molecule has 0 aliphatic carbocycles. The topological polar surface area (TPSA) is 169 Å². The summed E-state index contributed by atoms with van der Waals surface area (Å²) in [5.41, 5.74) is 1.12. The summed E-state index contributed by atoms with van der Waals surface area (Å²) in [4.78, 5) is 49.9. The Kier molecular flexibility index (Phi) is 10.8. The average Bonchev–Trinajstić information content (AvgIpc) is 2.95. The van der Waals surface area contributed by atoms with Crippen molar-refractivity contribution in [1.82, 2.24) is 25.5 Å². The predicted octanol–water partition coefficient (Wildman–Crippen LogP) is 2.56. The lowest BCUT2D eigenvalue weighted by molar-refractivity contribution is -0.132. The largest absolute Gasteiger partial charge is 0.508 e.